The van der Waals surface area contributed by atoms with Crippen LogP contribution in [-0.2, 0) is 0 Å². The van der Waals surface area contributed by atoms with Crippen LogP contribution in [0.3, 0.4) is 0 Å². The molecule has 4 aromatic rings. The molecule has 2 heterocycles. The van der Waals surface area contributed by atoms with Gasteiger partial charge in [-0.2, -0.15) is 0 Å². The molecule has 3 N–H and O–H groups in total. The first-order valence-electron chi connectivity index (χ1n) is 10.00. The Morgan fingerprint density at radius 1 is 0.875 bits per heavy atom. The zero-order valence-electron chi connectivity index (χ0n) is 17.7. The van der Waals surface area contributed by atoms with E-state index in [1.807, 2.05) is 73.7 Å². The summed E-state index contributed by atoms with van der Waals surface area (Å²) < 4.78 is 6.16. The van der Waals surface area contributed by atoms with E-state index in [0.29, 0.717) is 22.7 Å². The van der Waals surface area contributed by atoms with E-state index in [2.05, 4.69) is 30.9 Å². The molecule has 0 unspecified atom stereocenters. The molecule has 7 nitrogen and oxygen atoms in total. The molecule has 0 saturated heterocycles. The molecule has 4 rings (SSSR count). The van der Waals surface area contributed by atoms with Gasteiger partial charge in [0.25, 0.3) is 0 Å². The van der Waals surface area contributed by atoms with Gasteiger partial charge in [0.05, 0.1) is 11.3 Å². The van der Waals surface area contributed by atoms with Gasteiger partial charge in [-0.1, -0.05) is 18.2 Å². The molecule has 0 fully saturated rings. The van der Waals surface area contributed by atoms with Crippen LogP contribution in [-0.4, -0.2) is 27.1 Å². The van der Waals surface area contributed by atoms with Crippen molar-refractivity contribution in [1.29, 1.82) is 0 Å². The van der Waals surface area contributed by atoms with E-state index in [9.17, 15) is 0 Å². The van der Waals surface area contributed by atoms with Crippen molar-refractivity contribution in [3.05, 3.63) is 84.7 Å². The second-order valence-electron chi connectivity index (χ2n) is 6.90. The highest BCUT2D eigenvalue weighted by atomic mass is 32.1. The second kappa shape index (κ2) is 9.84. The number of nitrogens with one attached hydrogen (secondary N) is 3. The molecule has 0 atom stereocenters. The summed E-state index contributed by atoms with van der Waals surface area (Å²) in [6.45, 7) is 1.97. The van der Waals surface area contributed by atoms with Gasteiger partial charge in [-0.05, 0) is 73.2 Å². The number of pyridine rings is 1. The van der Waals surface area contributed by atoms with Crippen LogP contribution in [0, 0.1) is 6.92 Å². The van der Waals surface area contributed by atoms with Gasteiger partial charge in [0.1, 0.15) is 5.75 Å². The first-order chi connectivity index (χ1) is 15.6. The Morgan fingerprint density at radius 2 is 1.69 bits per heavy atom. The van der Waals surface area contributed by atoms with E-state index < -0.39 is 0 Å². The number of hydrogen-bond acceptors (Lipinski definition) is 6. The molecular weight excluding hydrogens is 420 g/mol. The summed E-state index contributed by atoms with van der Waals surface area (Å²) in [5.74, 6) is 1.70. The van der Waals surface area contributed by atoms with Gasteiger partial charge in [0, 0.05) is 30.8 Å². The Balaban J connectivity index is 1.50. The molecular formula is C24H22N6OS. The summed E-state index contributed by atoms with van der Waals surface area (Å²) in [7, 11) is 1.78. The van der Waals surface area contributed by atoms with Crippen molar-refractivity contribution in [3.63, 3.8) is 0 Å². The summed E-state index contributed by atoms with van der Waals surface area (Å²) in [5.41, 5.74) is 4.23. The zero-order chi connectivity index (χ0) is 22.3. The van der Waals surface area contributed by atoms with Crippen LogP contribution in [0.25, 0.3) is 11.3 Å². The number of aryl methyl sites for hydroxylation is 1. The number of thiocarbonyl (C=S) groups is 1. The summed E-state index contributed by atoms with van der Waals surface area (Å²) in [6, 6.07) is 21.1. The van der Waals surface area contributed by atoms with Crippen molar-refractivity contribution in [3.8, 4) is 22.9 Å². The summed E-state index contributed by atoms with van der Waals surface area (Å²) >= 11 is 5.41. The van der Waals surface area contributed by atoms with Crippen LogP contribution in [0.2, 0.25) is 0 Å². The Kier molecular flexibility index (Phi) is 6.52. The maximum atomic E-state index is 6.16. The monoisotopic (exact) mass is 442 g/mol. The molecule has 0 radical (unpaired) electrons. The summed E-state index contributed by atoms with van der Waals surface area (Å²) in [4.78, 5) is 13.1. The fourth-order valence-corrected chi connectivity index (χ4v) is 3.29. The fraction of sp³-hybridized carbons (Fsp3) is 0.0833. The quantitative estimate of drug-likeness (QED) is 0.338. The van der Waals surface area contributed by atoms with Crippen molar-refractivity contribution in [2.24, 2.45) is 0 Å². The maximum absolute atomic E-state index is 6.16. The Bertz CT molecular complexity index is 1230. The SMILES string of the molecule is CNc1nccc(-c2cccnc2Oc2ccc(NC(=S)Nc3ccccc3)cc2C)n1. The molecule has 0 saturated carbocycles. The zero-order valence-corrected chi connectivity index (χ0v) is 18.5. The molecule has 32 heavy (non-hydrogen) atoms. The van der Waals surface area contributed by atoms with Gasteiger partial charge < -0.3 is 20.7 Å². The van der Waals surface area contributed by atoms with Crippen LogP contribution >= 0.6 is 12.2 Å². The average Bonchev–Trinajstić information content (AvgIpc) is 2.82. The summed E-state index contributed by atoms with van der Waals surface area (Å²) in [6.07, 6.45) is 3.39. The van der Waals surface area contributed by atoms with Gasteiger partial charge in [0.15, 0.2) is 5.11 Å². The van der Waals surface area contributed by atoms with E-state index in [-0.39, 0.29) is 0 Å². The third kappa shape index (κ3) is 5.16. The number of ether oxygens (including phenoxy) is 1. The van der Waals surface area contributed by atoms with Crippen LogP contribution in [0.5, 0.6) is 11.6 Å². The first-order valence-corrected chi connectivity index (χ1v) is 10.4. The molecule has 0 aliphatic rings. The van der Waals surface area contributed by atoms with Gasteiger partial charge in [-0.15, -0.1) is 0 Å². The predicted molar refractivity (Wildman–Crippen MR) is 132 cm³/mol. The topological polar surface area (TPSA) is 84.0 Å². The Labute approximate surface area is 191 Å². The standard InChI is InChI=1S/C24H22N6OS/c1-16-15-18(29-24(32)28-17-7-4-3-5-8-17)10-11-21(16)31-22-19(9-6-13-26-22)20-12-14-27-23(25-2)30-20/h3-15H,1-2H3,(H,25,27,30)(H2,28,29,32). The number of aromatic nitrogens is 3. The van der Waals surface area contributed by atoms with Crippen LogP contribution in [0.4, 0.5) is 17.3 Å². The maximum Gasteiger partial charge on any atom is 0.228 e. The van der Waals surface area contributed by atoms with Crippen molar-refractivity contribution >= 4 is 34.7 Å². The second-order valence-corrected chi connectivity index (χ2v) is 7.31. The highest BCUT2D eigenvalue weighted by Crippen LogP contribution is 2.32. The van der Waals surface area contributed by atoms with Crippen LogP contribution in [0.1, 0.15) is 5.56 Å². The normalized spacial score (nSPS) is 10.3. The largest absolute Gasteiger partial charge is 0.438 e. The lowest BCUT2D eigenvalue weighted by molar-refractivity contribution is 0.461. The van der Waals surface area contributed by atoms with Crippen molar-refractivity contribution in [2.75, 3.05) is 23.0 Å². The molecule has 0 amide bonds. The number of anilines is 3. The lowest BCUT2D eigenvalue weighted by Gasteiger charge is -2.14. The molecule has 0 aliphatic heterocycles. The highest BCUT2D eigenvalue weighted by molar-refractivity contribution is 7.80. The van der Waals surface area contributed by atoms with E-state index in [1.165, 1.54) is 0 Å². The number of hydrogen-bond donors (Lipinski definition) is 3. The molecule has 0 bridgehead atoms. The number of nitrogens with zero attached hydrogens (tertiary/aromatic N) is 3. The summed E-state index contributed by atoms with van der Waals surface area (Å²) in [5, 5.41) is 9.82. The highest BCUT2D eigenvalue weighted by Gasteiger charge is 2.12. The van der Waals surface area contributed by atoms with Crippen LogP contribution < -0.4 is 20.7 Å². The van der Waals surface area contributed by atoms with Gasteiger partial charge >= 0.3 is 0 Å². The minimum atomic E-state index is 0.471. The first kappa shape index (κ1) is 21.2. The van der Waals surface area contributed by atoms with Crippen molar-refractivity contribution in [2.45, 2.75) is 6.92 Å². The lowest BCUT2D eigenvalue weighted by atomic mass is 10.2. The molecule has 0 aliphatic carbocycles. The fourth-order valence-electron chi connectivity index (χ4n) is 3.06. The molecule has 0 spiro atoms. The number of benzene rings is 2. The Morgan fingerprint density at radius 3 is 2.47 bits per heavy atom. The predicted octanol–water partition coefficient (Wildman–Crippen LogP) is 5.49. The third-order valence-electron chi connectivity index (χ3n) is 4.60. The third-order valence-corrected chi connectivity index (χ3v) is 4.80. The van der Waals surface area contributed by atoms with Gasteiger partial charge in [-0.25, -0.2) is 15.0 Å². The van der Waals surface area contributed by atoms with E-state index >= 15 is 0 Å². The minimum Gasteiger partial charge on any atom is -0.438 e. The van der Waals surface area contributed by atoms with E-state index in [1.54, 1.807) is 19.4 Å². The molecule has 8 heteroatoms. The number of rotatable bonds is 6. The van der Waals surface area contributed by atoms with Crippen molar-refractivity contribution in [1.82, 2.24) is 15.0 Å². The van der Waals surface area contributed by atoms with Crippen molar-refractivity contribution < 1.29 is 4.74 Å². The molecule has 2 aromatic carbocycles. The van der Waals surface area contributed by atoms with Gasteiger partial charge in [0.2, 0.25) is 11.8 Å². The van der Waals surface area contributed by atoms with Crippen LogP contribution in [0.15, 0.2) is 79.1 Å². The lowest BCUT2D eigenvalue weighted by Crippen LogP contribution is -2.19. The average molecular weight is 443 g/mol. The number of para-hydroxylation sites is 1. The van der Waals surface area contributed by atoms with E-state index in [0.717, 1.165) is 28.2 Å². The molecule has 160 valence electrons. The molecule has 2 aromatic heterocycles. The van der Waals surface area contributed by atoms with E-state index in [4.69, 9.17) is 17.0 Å². The Hall–Kier alpha value is -4.04. The smallest absolute Gasteiger partial charge is 0.228 e. The van der Waals surface area contributed by atoms with Gasteiger partial charge in [-0.3, -0.25) is 0 Å². The minimum absolute atomic E-state index is 0.471.